The van der Waals surface area contributed by atoms with E-state index in [4.69, 9.17) is 20.8 Å². The van der Waals surface area contributed by atoms with E-state index in [1.165, 1.54) is 0 Å². The fraction of sp³-hybridized carbons (Fsp3) is 0.188. The lowest BCUT2D eigenvalue weighted by molar-refractivity contribution is 0.410. The molecule has 21 heavy (non-hydrogen) atoms. The van der Waals surface area contributed by atoms with Crippen LogP contribution in [0.5, 0.6) is 5.75 Å². The van der Waals surface area contributed by atoms with Crippen LogP contribution >= 0.6 is 11.6 Å². The van der Waals surface area contributed by atoms with Crippen molar-refractivity contribution in [1.82, 2.24) is 4.98 Å². The molecule has 0 spiro atoms. The predicted molar refractivity (Wildman–Crippen MR) is 84.1 cm³/mol. The molecule has 5 heteroatoms. The molecule has 0 bridgehead atoms. The van der Waals surface area contributed by atoms with Crippen LogP contribution in [0.4, 0.5) is 5.69 Å². The van der Waals surface area contributed by atoms with E-state index in [2.05, 4.69) is 10.3 Å². The van der Waals surface area contributed by atoms with Gasteiger partial charge in [0.15, 0.2) is 11.5 Å². The summed E-state index contributed by atoms with van der Waals surface area (Å²) in [6.45, 7) is 2.41. The number of rotatable bonds is 4. The second kappa shape index (κ2) is 5.66. The van der Waals surface area contributed by atoms with Crippen LogP contribution in [-0.2, 0) is 6.54 Å². The first-order chi connectivity index (χ1) is 10.2. The zero-order valence-electron chi connectivity index (χ0n) is 11.8. The molecular formula is C16H15ClN2O2. The first kappa shape index (κ1) is 13.8. The molecule has 1 N–H and O–H groups in total. The van der Waals surface area contributed by atoms with Gasteiger partial charge >= 0.3 is 0 Å². The van der Waals surface area contributed by atoms with Crippen molar-refractivity contribution in [2.24, 2.45) is 0 Å². The molecule has 0 saturated carbocycles. The largest absolute Gasteiger partial charge is 0.496 e. The molecule has 1 heterocycles. The van der Waals surface area contributed by atoms with Crippen molar-refractivity contribution in [3.05, 3.63) is 52.9 Å². The number of aromatic nitrogens is 1. The van der Waals surface area contributed by atoms with Crippen LogP contribution in [0, 0.1) is 6.92 Å². The Kier molecular flexibility index (Phi) is 3.71. The molecule has 0 unspecified atom stereocenters. The Bertz CT molecular complexity index is 783. The van der Waals surface area contributed by atoms with Crippen molar-refractivity contribution in [1.29, 1.82) is 0 Å². The number of anilines is 1. The van der Waals surface area contributed by atoms with Crippen molar-refractivity contribution in [3.63, 3.8) is 0 Å². The van der Waals surface area contributed by atoms with Gasteiger partial charge in [-0.3, -0.25) is 0 Å². The van der Waals surface area contributed by atoms with Gasteiger partial charge in [0.1, 0.15) is 11.3 Å². The topological polar surface area (TPSA) is 47.3 Å². The number of benzene rings is 2. The van der Waals surface area contributed by atoms with E-state index in [0.717, 1.165) is 28.1 Å². The van der Waals surface area contributed by atoms with E-state index < -0.39 is 0 Å². The zero-order chi connectivity index (χ0) is 14.8. The Morgan fingerprint density at radius 2 is 2.14 bits per heavy atom. The summed E-state index contributed by atoms with van der Waals surface area (Å²) >= 11 is 6.23. The number of ether oxygens (including phenoxy) is 1. The average Bonchev–Trinajstić information content (AvgIpc) is 2.85. The predicted octanol–water partition coefficient (Wildman–Crippen LogP) is 4.41. The van der Waals surface area contributed by atoms with Crippen LogP contribution in [-0.4, -0.2) is 12.1 Å². The molecule has 0 aliphatic carbocycles. The van der Waals surface area contributed by atoms with Gasteiger partial charge in [0.05, 0.1) is 7.11 Å². The second-order valence-corrected chi connectivity index (χ2v) is 5.10. The molecule has 108 valence electrons. The Balaban J connectivity index is 1.83. The molecule has 0 aliphatic heterocycles. The van der Waals surface area contributed by atoms with Crippen molar-refractivity contribution in [3.8, 4) is 5.75 Å². The molecule has 2 aromatic carbocycles. The minimum Gasteiger partial charge on any atom is -0.496 e. The van der Waals surface area contributed by atoms with Crippen molar-refractivity contribution < 1.29 is 9.15 Å². The number of halogens is 1. The highest BCUT2D eigenvalue weighted by Crippen LogP contribution is 2.27. The van der Waals surface area contributed by atoms with Crippen LogP contribution in [0.25, 0.3) is 11.1 Å². The quantitative estimate of drug-likeness (QED) is 0.775. The van der Waals surface area contributed by atoms with Gasteiger partial charge in [0.25, 0.3) is 0 Å². The summed E-state index contributed by atoms with van der Waals surface area (Å²) in [4.78, 5) is 4.32. The lowest BCUT2D eigenvalue weighted by atomic mass is 10.2. The number of nitrogens with one attached hydrogen (secondary N) is 1. The Hall–Kier alpha value is -2.20. The summed E-state index contributed by atoms with van der Waals surface area (Å²) in [6, 6.07) is 11.4. The minimum absolute atomic E-state index is 0.575. The molecule has 4 nitrogen and oxygen atoms in total. The van der Waals surface area contributed by atoms with Crippen LogP contribution < -0.4 is 10.1 Å². The molecule has 3 rings (SSSR count). The third kappa shape index (κ3) is 2.81. The fourth-order valence-electron chi connectivity index (χ4n) is 2.24. The Labute approximate surface area is 127 Å². The highest BCUT2D eigenvalue weighted by atomic mass is 35.5. The third-order valence-corrected chi connectivity index (χ3v) is 3.61. The van der Waals surface area contributed by atoms with Gasteiger partial charge in [-0.2, -0.15) is 0 Å². The van der Waals surface area contributed by atoms with Gasteiger partial charge < -0.3 is 14.5 Å². The first-order valence-corrected chi connectivity index (χ1v) is 6.97. The van der Waals surface area contributed by atoms with Crippen LogP contribution in [0.15, 0.2) is 40.8 Å². The van der Waals surface area contributed by atoms with Gasteiger partial charge in [-0.25, -0.2) is 4.98 Å². The minimum atomic E-state index is 0.575. The van der Waals surface area contributed by atoms with E-state index in [-0.39, 0.29) is 0 Å². The SMILES string of the molecule is COc1cccc(Cl)c1CNc1ccc2oc(C)nc2c1. The number of fused-ring (bicyclic) bond motifs is 1. The Morgan fingerprint density at radius 3 is 2.95 bits per heavy atom. The van der Waals surface area contributed by atoms with Gasteiger partial charge in [0.2, 0.25) is 0 Å². The molecule has 0 radical (unpaired) electrons. The smallest absolute Gasteiger partial charge is 0.192 e. The summed E-state index contributed by atoms with van der Waals surface area (Å²) in [6.07, 6.45) is 0. The van der Waals surface area contributed by atoms with E-state index in [0.29, 0.717) is 17.5 Å². The summed E-state index contributed by atoms with van der Waals surface area (Å²) < 4.78 is 10.8. The van der Waals surface area contributed by atoms with Gasteiger partial charge in [-0.15, -0.1) is 0 Å². The molecule has 0 saturated heterocycles. The summed E-state index contributed by atoms with van der Waals surface area (Å²) in [5, 5.41) is 4.01. The van der Waals surface area contributed by atoms with E-state index >= 15 is 0 Å². The maximum atomic E-state index is 6.23. The normalized spacial score (nSPS) is 10.8. The van der Waals surface area contributed by atoms with Crippen molar-refractivity contribution in [2.75, 3.05) is 12.4 Å². The monoisotopic (exact) mass is 302 g/mol. The number of aryl methyl sites for hydroxylation is 1. The lowest BCUT2D eigenvalue weighted by Gasteiger charge is -2.12. The highest BCUT2D eigenvalue weighted by molar-refractivity contribution is 6.31. The molecule has 0 amide bonds. The molecule has 0 fully saturated rings. The summed E-state index contributed by atoms with van der Waals surface area (Å²) in [5.74, 6) is 1.43. The first-order valence-electron chi connectivity index (χ1n) is 6.60. The molecule has 0 atom stereocenters. The van der Waals surface area contributed by atoms with Crippen molar-refractivity contribution in [2.45, 2.75) is 13.5 Å². The maximum Gasteiger partial charge on any atom is 0.192 e. The zero-order valence-corrected chi connectivity index (χ0v) is 12.6. The molecular weight excluding hydrogens is 288 g/mol. The van der Waals surface area contributed by atoms with E-state index in [1.807, 2.05) is 43.3 Å². The van der Waals surface area contributed by atoms with E-state index in [9.17, 15) is 0 Å². The van der Waals surface area contributed by atoms with Gasteiger partial charge in [-0.05, 0) is 30.3 Å². The van der Waals surface area contributed by atoms with Crippen LogP contribution in [0.3, 0.4) is 0 Å². The van der Waals surface area contributed by atoms with Crippen LogP contribution in [0.2, 0.25) is 5.02 Å². The molecule has 3 aromatic rings. The summed E-state index contributed by atoms with van der Waals surface area (Å²) in [7, 11) is 1.64. The number of methoxy groups -OCH3 is 1. The number of hydrogen-bond acceptors (Lipinski definition) is 4. The van der Waals surface area contributed by atoms with Crippen LogP contribution in [0.1, 0.15) is 11.5 Å². The average molecular weight is 303 g/mol. The fourth-order valence-corrected chi connectivity index (χ4v) is 2.48. The number of nitrogens with zero attached hydrogens (tertiary/aromatic N) is 1. The van der Waals surface area contributed by atoms with E-state index in [1.54, 1.807) is 7.11 Å². The van der Waals surface area contributed by atoms with Gasteiger partial charge in [-0.1, -0.05) is 17.7 Å². The summed E-state index contributed by atoms with van der Waals surface area (Å²) in [5.41, 5.74) is 3.51. The van der Waals surface area contributed by atoms with Gasteiger partial charge in [0, 0.05) is 29.7 Å². The third-order valence-electron chi connectivity index (χ3n) is 3.26. The molecule has 0 aliphatic rings. The van der Waals surface area contributed by atoms with Crippen molar-refractivity contribution >= 4 is 28.4 Å². The molecule has 1 aromatic heterocycles. The number of hydrogen-bond donors (Lipinski definition) is 1. The number of oxazole rings is 1. The second-order valence-electron chi connectivity index (χ2n) is 4.69. The Morgan fingerprint density at radius 1 is 1.29 bits per heavy atom. The lowest BCUT2D eigenvalue weighted by Crippen LogP contribution is -2.02. The standard InChI is InChI=1S/C16H15ClN2O2/c1-10-19-14-8-11(6-7-16(14)21-10)18-9-12-13(17)4-3-5-15(12)20-2/h3-8,18H,9H2,1-2H3. The highest BCUT2D eigenvalue weighted by Gasteiger charge is 2.08. The maximum absolute atomic E-state index is 6.23.